The number of anilines is 1. The summed E-state index contributed by atoms with van der Waals surface area (Å²) in [5.74, 6) is 6.83. The number of nitrogens with one attached hydrogen (secondary N) is 2. The lowest BCUT2D eigenvalue weighted by Gasteiger charge is -2.30. The van der Waals surface area contributed by atoms with Crippen LogP contribution in [0.5, 0.6) is 0 Å². The molecule has 1 aromatic carbocycles. The van der Waals surface area contributed by atoms with E-state index in [4.69, 9.17) is 5.84 Å². The Morgan fingerprint density at radius 1 is 1.30 bits per heavy atom. The maximum Gasteiger partial charge on any atom is 0.210 e. The molecule has 1 aromatic rings. The van der Waals surface area contributed by atoms with Crippen molar-refractivity contribution in [3.63, 3.8) is 0 Å². The molecule has 1 aliphatic heterocycles. The molecular formula is C15H25N5. The third kappa shape index (κ3) is 4.51. The zero-order valence-corrected chi connectivity index (χ0v) is 12.2. The third-order valence-corrected chi connectivity index (χ3v) is 3.84. The van der Waals surface area contributed by atoms with E-state index in [2.05, 4.69) is 27.6 Å². The van der Waals surface area contributed by atoms with Crippen LogP contribution in [0.3, 0.4) is 0 Å². The molecule has 1 aliphatic rings. The zero-order chi connectivity index (χ0) is 14.2. The second-order valence-electron chi connectivity index (χ2n) is 5.20. The minimum atomic E-state index is 0.633. The number of hydrazine groups is 1. The van der Waals surface area contributed by atoms with Gasteiger partial charge < -0.3 is 10.2 Å². The van der Waals surface area contributed by atoms with Gasteiger partial charge in [-0.05, 0) is 50.5 Å². The van der Waals surface area contributed by atoms with Gasteiger partial charge in [0.1, 0.15) is 0 Å². The number of hydrogen-bond donors (Lipinski definition) is 3. The first-order valence-corrected chi connectivity index (χ1v) is 7.37. The first-order valence-electron chi connectivity index (χ1n) is 7.37. The fraction of sp³-hybridized carbons (Fsp3) is 0.533. The Bertz CT molecular complexity index is 410. The summed E-state index contributed by atoms with van der Waals surface area (Å²) in [6.45, 7) is 6.58. The predicted octanol–water partition coefficient (Wildman–Crippen LogP) is 1.65. The van der Waals surface area contributed by atoms with Crippen LogP contribution in [0.4, 0.5) is 5.69 Å². The van der Waals surface area contributed by atoms with E-state index in [1.54, 1.807) is 0 Å². The summed E-state index contributed by atoms with van der Waals surface area (Å²) in [5, 5.41) is 3.19. The smallest absolute Gasteiger partial charge is 0.210 e. The average Bonchev–Trinajstić information content (AvgIpc) is 2.53. The van der Waals surface area contributed by atoms with Crippen molar-refractivity contribution >= 4 is 11.6 Å². The van der Waals surface area contributed by atoms with Crippen molar-refractivity contribution < 1.29 is 0 Å². The highest BCUT2D eigenvalue weighted by Gasteiger charge is 2.17. The van der Waals surface area contributed by atoms with Gasteiger partial charge in [0, 0.05) is 12.2 Å². The lowest BCUT2D eigenvalue weighted by Crippen LogP contribution is -2.38. The molecule has 1 fully saturated rings. The number of piperidine rings is 1. The van der Waals surface area contributed by atoms with Crippen LogP contribution in [0.2, 0.25) is 0 Å². The Labute approximate surface area is 121 Å². The minimum Gasteiger partial charge on any atom is -0.325 e. The quantitative estimate of drug-likeness (QED) is 0.338. The molecule has 0 amide bonds. The largest absolute Gasteiger partial charge is 0.325 e. The first kappa shape index (κ1) is 14.8. The van der Waals surface area contributed by atoms with E-state index in [0.717, 1.165) is 18.8 Å². The van der Waals surface area contributed by atoms with Gasteiger partial charge in [-0.15, -0.1) is 0 Å². The van der Waals surface area contributed by atoms with Crippen molar-refractivity contribution in [3.05, 3.63) is 30.3 Å². The van der Waals surface area contributed by atoms with Crippen molar-refractivity contribution in [1.82, 2.24) is 10.3 Å². The minimum absolute atomic E-state index is 0.633. The monoisotopic (exact) mass is 275 g/mol. The van der Waals surface area contributed by atoms with Crippen LogP contribution in [-0.2, 0) is 0 Å². The number of nitrogens with two attached hydrogens (primary N) is 1. The molecule has 0 aromatic heterocycles. The molecular weight excluding hydrogens is 250 g/mol. The molecule has 2 rings (SSSR count). The van der Waals surface area contributed by atoms with Gasteiger partial charge in [-0.2, -0.15) is 0 Å². The molecule has 110 valence electrons. The Morgan fingerprint density at radius 2 is 2.00 bits per heavy atom. The molecule has 0 aliphatic carbocycles. The normalized spacial score (nSPS) is 18.0. The fourth-order valence-electron chi connectivity index (χ4n) is 2.49. The van der Waals surface area contributed by atoms with Crippen LogP contribution in [0.25, 0.3) is 0 Å². The highest BCUT2D eigenvalue weighted by molar-refractivity contribution is 5.93. The van der Waals surface area contributed by atoms with Gasteiger partial charge in [0.15, 0.2) is 0 Å². The predicted molar refractivity (Wildman–Crippen MR) is 84.5 cm³/mol. The summed E-state index contributed by atoms with van der Waals surface area (Å²) < 4.78 is 0. The van der Waals surface area contributed by atoms with Crippen molar-refractivity contribution in [2.75, 3.05) is 31.5 Å². The number of hydrogen-bond acceptors (Lipinski definition) is 3. The van der Waals surface area contributed by atoms with Gasteiger partial charge in [0.2, 0.25) is 5.96 Å². The van der Waals surface area contributed by atoms with Crippen LogP contribution in [0.1, 0.15) is 19.8 Å². The standard InChI is InChI=1S/C15H25N5/c1-2-20-10-8-13(9-11-20)12-17-15(19-16)18-14-6-4-3-5-7-14/h3-7,13H,2,8-12,16H2,1H3,(H2,17,18,19). The van der Waals surface area contributed by atoms with Crippen LogP contribution >= 0.6 is 0 Å². The molecule has 0 bridgehead atoms. The van der Waals surface area contributed by atoms with Crippen LogP contribution in [0.15, 0.2) is 35.3 Å². The summed E-state index contributed by atoms with van der Waals surface area (Å²) in [7, 11) is 0. The first-order chi connectivity index (χ1) is 9.81. The number of rotatable bonds is 4. The van der Waals surface area contributed by atoms with Crippen molar-refractivity contribution in [1.29, 1.82) is 0 Å². The number of para-hydroxylation sites is 1. The second kappa shape index (κ2) is 7.87. The maximum absolute atomic E-state index is 5.53. The Hall–Kier alpha value is -1.59. The van der Waals surface area contributed by atoms with E-state index < -0.39 is 0 Å². The van der Waals surface area contributed by atoms with Gasteiger partial charge in [0.05, 0.1) is 0 Å². The Kier molecular flexibility index (Phi) is 5.83. The number of benzene rings is 1. The lowest BCUT2D eigenvalue weighted by molar-refractivity contribution is 0.196. The average molecular weight is 275 g/mol. The summed E-state index contributed by atoms with van der Waals surface area (Å²) in [6.07, 6.45) is 2.45. The zero-order valence-electron chi connectivity index (χ0n) is 12.2. The molecule has 0 spiro atoms. The Morgan fingerprint density at radius 3 is 2.60 bits per heavy atom. The molecule has 1 heterocycles. The van der Waals surface area contributed by atoms with Crippen molar-refractivity contribution in [2.45, 2.75) is 19.8 Å². The topological polar surface area (TPSA) is 65.7 Å². The number of nitrogens with zero attached hydrogens (tertiary/aromatic N) is 2. The number of aliphatic imine (C=N–C) groups is 1. The summed E-state index contributed by atoms with van der Waals surface area (Å²) in [6, 6.07) is 9.94. The van der Waals surface area contributed by atoms with E-state index in [0.29, 0.717) is 11.9 Å². The van der Waals surface area contributed by atoms with Crippen LogP contribution < -0.4 is 16.6 Å². The SMILES string of the molecule is CCN1CCC(CN=C(NN)Nc2ccccc2)CC1. The van der Waals surface area contributed by atoms with E-state index in [1.165, 1.54) is 25.9 Å². The van der Waals surface area contributed by atoms with Crippen molar-refractivity contribution in [3.8, 4) is 0 Å². The highest BCUT2D eigenvalue weighted by Crippen LogP contribution is 2.17. The molecule has 5 heteroatoms. The van der Waals surface area contributed by atoms with Gasteiger partial charge in [-0.25, -0.2) is 5.84 Å². The highest BCUT2D eigenvalue weighted by atomic mass is 15.3. The van der Waals surface area contributed by atoms with Crippen molar-refractivity contribution in [2.24, 2.45) is 16.8 Å². The van der Waals surface area contributed by atoms with E-state index in [-0.39, 0.29) is 0 Å². The summed E-state index contributed by atoms with van der Waals surface area (Å²) in [4.78, 5) is 7.05. The number of likely N-dealkylation sites (tertiary alicyclic amines) is 1. The third-order valence-electron chi connectivity index (χ3n) is 3.84. The molecule has 0 radical (unpaired) electrons. The maximum atomic E-state index is 5.53. The number of guanidine groups is 1. The molecule has 0 saturated carbocycles. The lowest BCUT2D eigenvalue weighted by atomic mass is 9.97. The van der Waals surface area contributed by atoms with E-state index in [1.807, 2.05) is 30.3 Å². The van der Waals surface area contributed by atoms with E-state index in [9.17, 15) is 0 Å². The summed E-state index contributed by atoms with van der Waals surface area (Å²) in [5.41, 5.74) is 3.63. The van der Waals surface area contributed by atoms with Gasteiger partial charge >= 0.3 is 0 Å². The molecule has 1 saturated heterocycles. The fourth-order valence-corrected chi connectivity index (χ4v) is 2.49. The van der Waals surface area contributed by atoms with Gasteiger partial charge in [-0.1, -0.05) is 25.1 Å². The molecule has 20 heavy (non-hydrogen) atoms. The van der Waals surface area contributed by atoms with E-state index >= 15 is 0 Å². The van der Waals surface area contributed by atoms with Crippen LogP contribution in [-0.4, -0.2) is 37.0 Å². The molecule has 5 nitrogen and oxygen atoms in total. The second-order valence-corrected chi connectivity index (χ2v) is 5.20. The molecule has 0 atom stereocenters. The molecule has 4 N–H and O–H groups in total. The van der Waals surface area contributed by atoms with Crippen LogP contribution in [0, 0.1) is 5.92 Å². The van der Waals surface area contributed by atoms with Gasteiger partial charge in [0.25, 0.3) is 0 Å². The Balaban J connectivity index is 1.82. The molecule has 0 unspecified atom stereocenters. The van der Waals surface area contributed by atoms with Gasteiger partial charge in [-0.3, -0.25) is 10.4 Å². The summed E-state index contributed by atoms with van der Waals surface area (Å²) >= 11 is 0.